The molecule has 6 heteroatoms. The number of primary amides is 1. The lowest BCUT2D eigenvalue weighted by atomic mass is 10.0. The van der Waals surface area contributed by atoms with Crippen LogP contribution in [0.5, 0.6) is 5.75 Å². The second-order valence-corrected chi connectivity index (χ2v) is 7.14. The molecule has 0 saturated heterocycles. The van der Waals surface area contributed by atoms with Crippen LogP contribution >= 0.6 is 11.3 Å². The molecule has 0 radical (unpaired) electrons. The predicted octanol–water partition coefficient (Wildman–Crippen LogP) is 3.60. The van der Waals surface area contributed by atoms with Crippen molar-refractivity contribution in [3.8, 4) is 5.75 Å². The van der Waals surface area contributed by atoms with E-state index in [1.165, 1.54) is 16.9 Å². The number of hydrogen-bond acceptors (Lipinski definition) is 4. The average Bonchev–Trinajstić information content (AvgIpc) is 2.80. The van der Waals surface area contributed by atoms with E-state index in [0.29, 0.717) is 22.2 Å². The van der Waals surface area contributed by atoms with Crippen LogP contribution in [0.4, 0.5) is 5.00 Å². The quantitative estimate of drug-likeness (QED) is 0.838. The van der Waals surface area contributed by atoms with Gasteiger partial charge in [0, 0.05) is 4.88 Å². The third-order valence-corrected chi connectivity index (χ3v) is 4.92. The van der Waals surface area contributed by atoms with E-state index in [0.717, 1.165) is 10.4 Å². The molecule has 0 bridgehead atoms. The van der Waals surface area contributed by atoms with Crippen molar-refractivity contribution in [1.82, 2.24) is 0 Å². The summed E-state index contributed by atoms with van der Waals surface area (Å²) in [4.78, 5) is 24.6. The lowest BCUT2D eigenvalue weighted by Crippen LogP contribution is -2.22. The first-order chi connectivity index (χ1) is 11.3. The summed E-state index contributed by atoms with van der Waals surface area (Å²) in [7, 11) is 0. The highest BCUT2D eigenvalue weighted by molar-refractivity contribution is 7.16. The van der Waals surface area contributed by atoms with E-state index in [4.69, 9.17) is 10.5 Å². The van der Waals surface area contributed by atoms with Crippen LogP contribution in [0.3, 0.4) is 0 Å². The summed E-state index contributed by atoms with van der Waals surface area (Å²) in [6, 6.07) is 7.65. The van der Waals surface area contributed by atoms with Crippen LogP contribution in [0.15, 0.2) is 24.3 Å². The second-order valence-electron chi connectivity index (χ2n) is 5.91. The first kappa shape index (κ1) is 18.0. The van der Waals surface area contributed by atoms with Gasteiger partial charge in [-0.05, 0) is 43.0 Å². The zero-order valence-corrected chi connectivity index (χ0v) is 15.1. The van der Waals surface area contributed by atoms with Gasteiger partial charge in [0.05, 0.1) is 5.56 Å². The van der Waals surface area contributed by atoms with Crippen molar-refractivity contribution in [2.75, 3.05) is 11.9 Å². The molecule has 0 fully saturated rings. The Morgan fingerprint density at radius 2 is 1.83 bits per heavy atom. The smallest absolute Gasteiger partial charge is 0.262 e. The molecule has 2 aromatic rings. The SMILES string of the molecule is Cc1sc(NC(=O)COc2ccc(C(C)C)cc2)c(C(N)=O)c1C. The van der Waals surface area contributed by atoms with Gasteiger partial charge in [-0.3, -0.25) is 9.59 Å². The molecule has 0 atom stereocenters. The molecular weight excluding hydrogens is 324 g/mol. The van der Waals surface area contributed by atoms with E-state index in [9.17, 15) is 9.59 Å². The highest BCUT2D eigenvalue weighted by Crippen LogP contribution is 2.32. The fourth-order valence-corrected chi connectivity index (χ4v) is 3.35. The van der Waals surface area contributed by atoms with Gasteiger partial charge < -0.3 is 15.8 Å². The number of carbonyl (C=O) groups excluding carboxylic acids is 2. The first-order valence-corrected chi connectivity index (χ1v) is 8.53. The number of nitrogens with two attached hydrogens (primary N) is 1. The minimum atomic E-state index is -0.544. The van der Waals surface area contributed by atoms with Crippen molar-refractivity contribution in [1.29, 1.82) is 0 Å². The monoisotopic (exact) mass is 346 g/mol. The van der Waals surface area contributed by atoms with Crippen LogP contribution in [0, 0.1) is 13.8 Å². The Morgan fingerprint density at radius 1 is 1.21 bits per heavy atom. The lowest BCUT2D eigenvalue weighted by Gasteiger charge is -2.09. The number of benzene rings is 1. The summed E-state index contributed by atoms with van der Waals surface area (Å²) in [6.45, 7) is 7.80. The Bertz CT molecular complexity index is 748. The number of hydrogen-bond donors (Lipinski definition) is 2. The zero-order valence-electron chi connectivity index (χ0n) is 14.3. The van der Waals surface area contributed by atoms with Crippen molar-refractivity contribution in [3.63, 3.8) is 0 Å². The van der Waals surface area contributed by atoms with Crippen LogP contribution in [-0.4, -0.2) is 18.4 Å². The van der Waals surface area contributed by atoms with Crippen LogP contribution in [-0.2, 0) is 4.79 Å². The Morgan fingerprint density at radius 3 is 2.38 bits per heavy atom. The van der Waals surface area contributed by atoms with E-state index < -0.39 is 5.91 Å². The lowest BCUT2D eigenvalue weighted by molar-refractivity contribution is -0.118. The normalized spacial score (nSPS) is 10.7. The molecule has 5 nitrogen and oxygen atoms in total. The minimum absolute atomic E-state index is 0.130. The first-order valence-electron chi connectivity index (χ1n) is 7.72. The summed E-state index contributed by atoms with van der Waals surface area (Å²) in [5.74, 6) is 0.201. The summed E-state index contributed by atoms with van der Waals surface area (Å²) < 4.78 is 5.49. The maximum atomic E-state index is 12.1. The zero-order chi connectivity index (χ0) is 17.9. The number of rotatable bonds is 6. The molecule has 0 aliphatic rings. The fraction of sp³-hybridized carbons (Fsp3) is 0.333. The fourth-order valence-electron chi connectivity index (χ4n) is 2.27. The van der Waals surface area contributed by atoms with Crippen molar-refractivity contribution >= 4 is 28.2 Å². The van der Waals surface area contributed by atoms with Crippen molar-refractivity contribution in [2.45, 2.75) is 33.6 Å². The maximum absolute atomic E-state index is 12.1. The van der Waals surface area contributed by atoms with Crippen LogP contribution in [0.1, 0.15) is 46.1 Å². The van der Waals surface area contributed by atoms with E-state index in [1.54, 1.807) is 0 Å². The van der Waals surface area contributed by atoms with E-state index in [-0.39, 0.29) is 12.5 Å². The summed E-state index contributed by atoms with van der Waals surface area (Å²) >= 11 is 1.34. The maximum Gasteiger partial charge on any atom is 0.262 e. The molecule has 0 aliphatic heterocycles. The van der Waals surface area contributed by atoms with Gasteiger partial charge in [0.15, 0.2) is 6.61 Å². The Kier molecular flexibility index (Phi) is 5.62. The summed E-state index contributed by atoms with van der Waals surface area (Å²) in [6.07, 6.45) is 0. The molecule has 128 valence electrons. The number of anilines is 1. The number of carbonyl (C=O) groups is 2. The van der Waals surface area contributed by atoms with Crippen LogP contribution < -0.4 is 15.8 Å². The predicted molar refractivity (Wildman–Crippen MR) is 97.0 cm³/mol. The van der Waals surface area contributed by atoms with Crippen molar-refractivity contribution in [3.05, 3.63) is 45.8 Å². The molecule has 1 aromatic heterocycles. The van der Waals surface area contributed by atoms with Gasteiger partial charge in [0.1, 0.15) is 10.8 Å². The Balaban J connectivity index is 1.99. The van der Waals surface area contributed by atoms with Gasteiger partial charge in [-0.25, -0.2) is 0 Å². The number of aryl methyl sites for hydroxylation is 1. The van der Waals surface area contributed by atoms with Crippen LogP contribution in [0.2, 0.25) is 0 Å². The van der Waals surface area contributed by atoms with Gasteiger partial charge in [-0.15, -0.1) is 11.3 Å². The third-order valence-electron chi connectivity index (χ3n) is 3.80. The molecule has 1 heterocycles. The van der Waals surface area contributed by atoms with Crippen molar-refractivity contribution < 1.29 is 14.3 Å². The van der Waals surface area contributed by atoms with Gasteiger partial charge >= 0.3 is 0 Å². The van der Waals surface area contributed by atoms with E-state index in [1.807, 2.05) is 38.1 Å². The molecule has 2 rings (SSSR count). The topological polar surface area (TPSA) is 81.4 Å². The molecule has 24 heavy (non-hydrogen) atoms. The number of ether oxygens (including phenoxy) is 1. The van der Waals surface area contributed by atoms with Crippen molar-refractivity contribution in [2.24, 2.45) is 5.73 Å². The molecule has 2 amide bonds. The number of thiophene rings is 1. The van der Waals surface area contributed by atoms with E-state index >= 15 is 0 Å². The third kappa shape index (κ3) is 4.14. The highest BCUT2D eigenvalue weighted by atomic mass is 32.1. The van der Waals surface area contributed by atoms with Crippen LogP contribution in [0.25, 0.3) is 0 Å². The summed E-state index contributed by atoms with van der Waals surface area (Å²) in [5, 5.41) is 3.18. The molecule has 0 aliphatic carbocycles. The Labute approximate surface area is 145 Å². The molecule has 0 saturated carbocycles. The average molecular weight is 346 g/mol. The van der Waals surface area contributed by atoms with Gasteiger partial charge in [-0.2, -0.15) is 0 Å². The molecule has 0 spiro atoms. The molecular formula is C18H22N2O3S. The minimum Gasteiger partial charge on any atom is -0.484 e. The van der Waals surface area contributed by atoms with Gasteiger partial charge in [0.25, 0.3) is 11.8 Å². The van der Waals surface area contributed by atoms with E-state index in [2.05, 4.69) is 19.2 Å². The summed E-state index contributed by atoms with van der Waals surface area (Å²) in [5.41, 5.74) is 7.77. The molecule has 3 N–H and O–H groups in total. The highest BCUT2D eigenvalue weighted by Gasteiger charge is 2.19. The number of nitrogens with one attached hydrogen (secondary N) is 1. The standard InChI is InChI=1S/C18H22N2O3S/c1-10(2)13-5-7-14(8-6-13)23-9-15(21)20-18-16(17(19)22)11(3)12(4)24-18/h5-8,10H,9H2,1-4H3,(H2,19,22)(H,20,21). The van der Waals surface area contributed by atoms with Gasteiger partial charge in [0.2, 0.25) is 0 Å². The Hall–Kier alpha value is -2.34. The second kappa shape index (κ2) is 7.49. The largest absolute Gasteiger partial charge is 0.484 e. The number of amides is 2. The molecule has 1 aromatic carbocycles. The van der Waals surface area contributed by atoms with Gasteiger partial charge in [-0.1, -0.05) is 26.0 Å². The molecule has 0 unspecified atom stereocenters.